The minimum Gasteiger partial charge on any atom is -0.480 e. The minimum atomic E-state index is -1.24. The van der Waals surface area contributed by atoms with Gasteiger partial charge in [-0.2, -0.15) is 4.79 Å². The van der Waals surface area contributed by atoms with Crippen LogP contribution in [0.4, 0.5) is 0 Å². The molecule has 0 aliphatic carbocycles. The van der Waals surface area contributed by atoms with Crippen LogP contribution in [0.5, 0.6) is 0 Å². The number of rotatable bonds is 10. The van der Waals surface area contributed by atoms with Gasteiger partial charge in [0, 0.05) is 13.5 Å². The quantitative estimate of drug-likeness (QED) is 0.340. The Balaban J connectivity index is 4.69. The summed E-state index contributed by atoms with van der Waals surface area (Å²) in [6, 6.07) is -1.20. The van der Waals surface area contributed by atoms with Gasteiger partial charge in [0.1, 0.15) is 12.1 Å². The summed E-state index contributed by atoms with van der Waals surface area (Å²) in [6.45, 7) is 3.72. The fraction of sp³-hybridized carbons (Fsp3) is 0.692. The Morgan fingerprint density at radius 3 is 2.48 bits per heavy atom. The first-order valence-electron chi connectivity index (χ1n) is 6.63. The van der Waals surface area contributed by atoms with Gasteiger partial charge < -0.3 is 20.7 Å². The number of ether oxygens (including phenoxy) is 1. The monoisotopic (exact) mass is 299 g/mol. The molecule has 0 bridgehead atoms. The van der Waals surface area contributed by atoms with Crippen LogP contribution in [0.15, 0.2) is 0 Å². The first-order chi connectivity index (χ1) is 9.87. The van der Waals surface area contributed by atoms with Crippen LogP contribution in [-0.2, 0) is 19.1 Å². The second-order valence-corrected chi connectivity index (χ2v) is 4.69. The van der Waals surface area contributed by atoms with Gasteiger partial charge in [-0.25, -0.2) is 4.79 Å². The predicted molar refractivity (Wildman–Crippen MR) is 73.7 cm³/mol. The van der Waals surface area contributed by atoms with E-state index < -0.39 is 29.8 Å². The Labute approximate surface area is 123 Å². The number of hydrogen-bond donors (Lipinski definition) is 2. The lowest BCUT2D eigenvalue weighted by molar-refractivity contribution is -0.145. The third-order valence-corrected chi connectivity index (χ3v) is 3.17. The van der Waals surface area contributed by atoms with E-state index in [4.69, 9.17) is 15.4 Å². The Kier molecular flexibility index (Phi) is 8.84. The highest BCUT2D eigenvalue weighted by molar-refractivity contribution is 6.25. The number of nitrogens with one attached hydrogen (secondary N) is 1. The van der Waals surface area contributed by atoms with Gasteiger partial charge in [-0.1, -0.05) is 20.3 Å². The first kappa shape index (κ1) is 18.9. The summed E-state index contributed by atoms with van der Waals surface area (Å²) in [5.74, 6) is -2.35. The molecule has 0 aliphatic heterocycles. The van der Waals surface area contributed by atoms with E-state index in [1.807, 2.05) is 13.8 Å². The number of hydrogen-bond acceptors (Lipinski definition) is 4. The highest BCUT2D eigenvalue weighted by atomic mass is 16.5. The molecule has 0 heterocycles. The number of aliphatic carboxylic acids is 1. The fourth-order valence-corrected chi connectivity index (χ4v) is 1.74. The highest BCUT2D eigenvalue weighted by Gasteiger charge is 2.28. The van der Waals surface area contributed by atoms with Crippen LogP contribution in [0.1, 0.15) is 33.1 Å². The summed E-state index contributed by atoms with van der Waals surface area (Å²) in [5.41, 5.74) is 8.20. The molecule has 0 saturated heterocycles. The molecule has 0 unspecified atom stereocenters. The molecule has 118 valence electrons. The van der Waals surface area contributed by atoms with Crippen molar-refractivity contribution in [2.75, 3.05) is 7.11 Å². The predicted octanol–water partition coefficient (Wildman–Crippen LogP) is 0.267. The van der Waals surface area contributed by atoms with Crippen molar-refractivity contribution in [3.05, 3.63) is 5.53 Å². The van der Waals surface area contributed by atoms with Gasteiger partial charge in [-0.05, 0) is 12.3 Å². The van der Waals surface area contributed by atoms with Gasteiger partial charge in [0.15, 0.2) is 0 Å². The standard InChI is InChI=1S/C13H21N3O5/c1-4-8(2)11(21-3)12(18)16-10(13(19)20)6-5-9(17)7-15-14/h7-8,10-11H,4-6H2,1-3H3,(H,16,18)(H,19,20)/t8-,10+,11+/m1/s1. The topological polar surface area (TPSA) is 129 Å². The maximum Gasteiger partial charge on any atom is 0.326 e. The molecule has 0 rings (SSSR count). The lowest BCUT2D eigenvalue weighted by Crippen LogP contribution is -2.48. The van der Waals surface area contributed by atoms with Crippen molar-refractivity contribution in [2.24, 2.45) is 5.92 Å². The summed E-state index contributed by atoms with van der Waals surface area (Å²) in [6.07, 6.45) is 0.407. The largest absolute Gasteiger partial charge is 0.480 e. The molecule has 8 nitrogen and oxygen atoms in total. The number of ketones is 1. The molecule has 0 saturated carbocycles. The van der Waals surface area contributed by atoms with E-state index in [0.717, 1.165) is 0 Å². The normalized spacial score (nSPS) is 14.4. The Hall–Kier alpha value is -2.05. The third-order valence-electron chi connectivity index (χ3n) is 3.17. The number of carbonyl (C=O) groups is 3. The van der Waals surface area contributed by atoms with E-state index in [2.05, 4.69) is 10.1 Å². The smallest absolute Gasteiger partial charge is 0.326 e. The van der Waals surface area contributed by atoms with Crippen molar-refractivity contribution >= 4 is 23.9 Å². The number of amides is 1. The lowest BCUT2D eigenvalue weighted by atomic mass is 10.0. The summed E-state index contributed by atoms with van der Waals surface area (Å²) >= 11 is 0. The van der Waals surface area contributed by atoms with E-state index in [1.165, 1.54) is 7.11 Å². The summed E-state index contributed by atoms with van der Waals surface area (Å²) in [5, 5.41) is 11.4. The van der Waals surface area contributed by atoms with E-state index in [9.17, 15) is 14.4 Å². The van der Waals surface area contributed by atoms with Crippen LogP contribution >= 0.6 is 0 Å². The average molecular weight is 299 g/mol. The van der Waals surface area contributed by atoms with Crippen molar-refractivity contribution < 1.29 is 29.0 Å². The molecule has 3 atom stereocenters. The average Bonchev–Trinajstić information content (AvgIpc) is 2.43. The van der Waals surface area contributed by atoms with Crippen LogP contribution in [0.25, 0.3) is 5.53 Å². The molecular formula is C13H21N3O5. The zero-order chi connectivity index (χ0) is 16.4. The summed E-state index contributed by atoms with van der Waals surface area (Å²) < 4.78 is 5.08. The maximum atomic E-state index is 12.0. The molecule has 0 aromatic heterocycles. The zero-order valence-electron chi connectivity index (χ0n) is 12.4. The second kappa shape index (κ2) is 9.79. The Morgan fingerprint density at radius 2 is 2.05 bits per heavy atom. The molecule has 0 fully saturated rings. The van der Waals surface area contributed by atoms with Crippen molar-refractivity contribution in [2.45, 2.75) is 45.3 Å². The first-order valence-corrected chi connectivity index (χ1v) is 6.63. The van der Waals surface area contributed by atoms with Crippen LogP contribution in [0, 0.1) is 5.92 Å². The number of carbonyl (C=O) groups excluding carboxylic acids is 2. The summed E-state index contributed by atoms with van der Waals surface area (Å²) in [7, 11) is 1.38. The molecule has 2 N–H and O–H groups in total. The van der Waals surface area contributed by atoms with Crippen molar-refractivity contribution in [3.8, 4) is 0 Å². The minimum absolute atomic E-state index is 0.0624. The maximum absolute atomic E-state index is 12.0. The van der Waals surface area contributed by atoms with Crippen molar-refractivity contribution in [3.63, 3.8) is 0 Å². The van der Waals surface area contributed by atoms with Gasteiger partial charge in [-0.3, -0.25) is 9.59 Å². The number of carboxylic acids is 1. The molecule has 8 heteroatoms. The van der Waals surface area contributed by atoms with Gasteiger partial charge >= 0.3 is 12.2 Å². The lowest BCUT2D eigenvalue weighted by Gasteiger charge is -2.23. The Bertz CT molecular complexity index is 432. The van der Waals surface area contributed by atoms with E-state index in [0.29, 0.717) is 12.6 Å². The summed E-state index contributed by atoms with van der Waals surface area (Å²) in [4.78, 5) is 36.8. The highest BCUT2D eigenvalue weighted by Crippen LogP contribution is 2.11. The molecule has 21 heavy (non-hydrogen) atoms. The van der Waals surface area contributed by atoms with Gasteiger partial charge in [0.2, 0.25) is 11.7 Å². The van der Waals surface area contributed by atoms with Crippen molar-refractivity contribution in [1.29, 1.82) is 0 Å². The number of carboxylic acid groups (broad SMARTS) is 1. The second-order valence-electron chi connectivity index (χ2n) is 4.69. The number of methoxy groups -OCH3 is 1. The molecule has 0 radical (unpaired) electrons. The van der Waals surface area contributed by atoms with E-state index in [1.54, 1.807) is 0 Å². The molecule has 1 amide bonds. The van der Waals surface area contributed by atoms with Crippen LogP contribution in [-0.4, -0.2) is 53.0 Å². The molecular weight excluding hydrogens is 278 g/mol. The van der Waals surface area contributed by atoms with Gasteiger partial charge in [0.25, 0.3) is 0 Å². The van der Waals surface area contributed by atoms with Gasteiger partial charge in [0.05, 0.1) is 0 Å². The van der Waals surface area contributed by atoms with Gasteiger partial charge in [-0.15, -0.1) is 0 Å². The zero-order valence-corrected chi connectivity index (χ0v) is 12.4. The third kappa shape index (κ3) is 6.78. The number of nitrogens with zero attached hydrogens (tertiary/aromatic N) is 2. The Morgan fingerprint density at radius 1 is 1.43 bits per heavy atom. The van der Waals surface area contributed by atoms with Crippen molar-refractivity contribution in [1.82, 2.24) is 5.32 Å². The molecule has 0 spiro atoms. The molecule has 0 aliphatic rings. The molecule has 0 aromatic carbocycles. The van der Waals surface area contributed by atoms with Crippen LogP contribution < -0.4 is 5.32 Å². The van der Waals surface area contributed by atoms with E-state index >= 15 is 0 Å². The van der Waals surface area contributed by atoms with E-state index in [-0.39, 0.29) is 18.8 Å². The number of Topliss-reactive ketones (excluding diaryl/α,β-unsaturated/α-hetero) is 1. The van der Waals surface area contributed by atoms with Crippen LogP contribution in [0.3, 0.4) is 0 Å². The van der Waals surface area contributed by atoms with Crippen LogP contribution in [0.2, 0.25) is 0 Å². The SMILES string of the molecule is CC[C@@H](C)[C@H](OC)C(=O)N[C@@H](CCC(=O)C=[N+]=[N-])C(=O)O. The molecule has 0 aromatic rings. The fourth-order valence-electron chi connectivity index (χ4n) is 1.74.